The Bertz CT molecular complexity index is 632. The van der Waals surface area contributed by atoms with Gasteiger partial charge in [-0.2, -0.15) is 0 Å². The molecule has 0 aliphatic rings. The van der Waals surface area contributed by atoms with Gasteiger partial charge in [-0.05, 0) is 27.7 Å². The van der Waals surface area contributed by atoms with Crippen molar-refractivity contribution in [3.8, 4) is 0 Å². The molecule has 0 saturated carbocycles. The maximum Gasteiger partial charge on any atom is 0.224 e. The number of nitrogens with zero attached hydrogens (tertiary/aromatic N) is 3. The first-order valence-corrected chi connectivity index (χ1v) is 8.95. The van der Waals surface area contributed by atoms with Gasteiger partial charge in [0.05, 0.1) is 15.9 Å². The van der Waals surface area contributed by atoms with Crippen molar-refractivity contribution in [2.45, 2.75) is 41.3 Å². The lowest BCUT2D eigenvalue weighted by Crippen LogP contribution is -2.13. The summed E-state index contributed by atoms with van der Waals surface area (Å²) in [5.41, 5.74) is 6.16. The number of carbonyl (C=O) groups excluding carboxylic acids is 1. The lowest BCUT2D eigenvalue weighted by molar-refractivity contribution is -0.117. The molecule has 0 aromatic carbocycles. The molecule has 20 heavy (non-hydrogen) atoms. The minimum atomic E-state index is -0.398. The van der Waals surface area contributed by atoms with Crippen LogP contribution in [0.1, 0.15) is 31.5 Å². The highest BCUT2D eigenvalue weighted by molar-refractivity contribution is 9.11. The fourth-order valence-electron chi connectivity index (χ4n) is 1.36. The van der Waals surface area contributed by atoms with Crippen LogP contribution in [0.15, 0.2) is 12.5 Å². The quantitative estimate of drug-likeness (QED) is 0.863. The van der Waals surface area contributed by atoms with Gasteiger partial charge in [0.2, 0.25) is 5.91 Å². The Kier molecular flexibility index (Phi) is 4.83. The summed E-state index contributed by atoms with van der Waals surface area (Å²) >= 11 is 7.95. The molecule has 0 aliphatic carbocycles. The highest BCUT2D eigenvalue weighted by Gasteiger charge is 2.23. The zero-order valence-corrected chi connectivity index (χ0v) is 15.2. The second-order valence-electron chi connectivity index (χ2n) is 5.06. The normalized spacial score (nSPS) is 11.8. The maximum atomic E-state index is 10.8. The zero-order chi connectivity index (χ0) is 14.9. The van der Waals surface area contributed by atoms with Crippen LogP contribution in [0, 0.1) is 0 Å². The Morgan fingerprint density at radius 1 is 1.30 bits per heavy atom. The van der Waals surface area contributed by atoms with Gasteiger partial charge in [-0.3, -0.25) is 4.79 Å². The van der Waals surface area contributed by atoms with Crippen LogP contribution in [0.2, 0.25) is 0 Å². The van der Waals surface area contributed by atoms with Crippen LogP contribution in [0.3, 0.4) is 0 Å². The van der Waals surface area contributed by atoms with E-state index in [2.05, 4.69) is 51.9 Å². The van der Waals surface area contributed by atoms with Crippen LogP contribution >= 0.6 is 50.4 Å². The minimum absolute atomic E-state index is 0.00754. The van der Waals surface area contributed by atoms with E-state index in [4.69, 9.17) is 5.73 Å². The first-order chi connectivity index (χ1) is 9.25. The molecule has 1 amide bonds. The standard InChI is InChI=1S/C11H13BrN4OS3/c1-11(2,3)7-8(12)19-9(14-7)20-10-16-15-6(18-10)4-5(13)17/h4H2,1-3H3,(H2,13,17). The smallest absolute Gasteiger partial charge is 0.224 e. The molecule has 2 N–H and O–H groups in total. The molecule has 2 aromatic rings. The Morgan fingerprint density at radius 2 is 2.00 bits per heavy atom. The van der Waals surface area contributed by atoms with E-state index in [0.29, 0.717) is 5.01 Å². The number of thiazole rings is 1. The van der Waals surface area contributed by atoms with Crippen molar-refractivity contribution in [1.29, 1.82) is 0 Å². The van der Waals surface area contributed by atoms with E-state index >= 15 is 0 Å². The van der Waals surface area contributed by atoms with Crippen molar-refractivity contribution < 1.29 is 4.79 Å². The molecule has 0 saturated heterocycles. The van der Waals surface area contributed by atoms with E-state index in [1.165, 1.54) is 23.1 Å². The van der Waals surface area contributed by atoms with Crippen molar-refractivity contribution in [1.82, 2.24) is 15.2 Å². The molecule has 0 unspecified atom stereocenters. The Hall–Kier alpha value is -0.510. The van der Waals surface area contributed by atoms with Gasteiger partial charge in [0.15, 0.2) is 8.68 Å². The molecule has 5 nitrogen and oxygen atoms in total. The second kappa shape index (κ2) is 6.08. The topological polar surface area (TPSA) is 81.8 Å². The van der Waals surface area contributed by atoms with Gasteiger partial charge < -0.3 is 5.73 Å². The Labute approximate surface area is 137 Å². The third kappa shape index (κ3) is 4.00. The monoisotopic (exact) mass is 392 g/mol. The molecule has 2 rings (SSSR count). The summed E-state index contributed by atoms with van der Waals surface area (Å²) in [6.45, 7) is 6.37. The van der Waals surface area contributed by atoms with Gasteiger partial charge in [-0.25, -0.2) is 4.98 Å². The minimum Gasteiger partial charge on any atom is -0.369 e. The lowest BCUT2D eigenvalue weighted by Gasteiger charge is -2.15. The third-order valence-corrected chi connectivity index (χ3v) is 5.96. The highest BCUT2D eigenvalue weighted by Crippen LogP contribution is 2.40. The summed E-state index contributed by atoms with van der Waals surface area (Å²) in [6, 6.07) is 0. The van der Waals surface area contributed by atoms with Gasteiger partial charge in [-0.1, -0.05) is 43.4 Å². The average Bonchev–Trinajstić information content (AvgIpc) is 2.84. The van der Waals surface area contributed by atoms with Crippen LogP contribution < -0.4 is 5.73 Å². The van der Waals surface area contributed by atoms with E-state index in [0.717, 1.165) is 18.2 Å². The van der Waals surface area contributed by atoms with E-state index in [1.54, 1.807) is 11.3 Å². The van der Waals surface area contributed by atoms with E-state index in [9.17, 15) is 4.79 Å². The molecule has 0 spiro atoms. The van der Waals surface area contributed by atoms with E-state index < -0.39 is 5.91 Å². The van der Waals surface area contributed by atoms with Crippen LogP contribution in [-0.4, -0.2) is 21.1 Å². The fourth-order valence-corrected chi connectivity index (χ4v) is 6.02. The molecule has 108 valence electrons. The number of carbonyl (C=O) groups is 1. The highest BCUT2D eigenvalue weighted by atomic mass is 79.9. The number of hydrogen-bond donors (Lipinski definition) is 1. The average molecular weight is 393 g/mol. The molecule has 9 heteroatoms. The van der Waals surface area contributed by atoms with E-state index in [1.807, 2.05) is 0 Å². The molecular weight excluding hydrogens is 380 g/mol. The molecule has 2 aromatic heterocycles. The summed E-state index contributed by atoms with van der Waals surface area (Å²) in [4.78, 5) is 15.5. The third-order valence-electron chi connectivity index (χ3n) is 2.22. The summed E-state index contributed by atoms with van der Waals surface area (Å²) < 4.78 is 2.71. The van der Waals surface area contributed by atoms with Gasteiger partial charge in [-0.15, -0.1) is 10.2 Å². The largest absolute Gasteiger partial charge is 0.369 e. The zero-order valence-electron chi connectivity index (χ0n) is 11.1. The van der Waals surface area contributed by atoms with Gasteiger partial charge in [0.1, 0.15) is 5.01 Å². The van der Waals surface area contributed by atoms with Gasteiger partial charge in [0, 0.05) is 5.41 Å². The van der Waals surface area contributed by atoms with Crippen LogP contribution in [-0.2, 0) is 16.6 Å². The summed E-state index contributed by atoms with van der Waals surface area (Å²) in [7, 11) is 0. The number of halogens is 1. The summed E-state index contributed by atoms with van der Waals surface area (Å²) in [5.74, 6) is -0.398. The first kappa shape index (κ1) is 15.9. The molecule has 2 heterocycles. The molecule has 0 aliphatic heterocycles. The van der Waals surface area contributed by atoms with E-state index in [-0.39, 0.29) is 11.8 Å². The predicted molar refractivity (Wildman–Crippen MR) is 85.4 cm³/mol. The number of nitrogens with two attached hydrogens (primary N) is 1. The number of aromatic nitrogens is 3. The van der Waals surface area contributed by atoms with Crippen molar-refractivity contribution in [3.05, 3.63) is 14.5 Å². The van der Waals surface area contributed by atoms with Gasteiger partial charge in [0.25, 0.3) is 0 Å². The maximum absolute atomic E-state index is 10.8. The molecule has 0 radical (unpaired) electrons. The number of rotatable bonds is 4. The predicted octanol–water partition coefficient (Wildman–Crippen LogP) is 3.23. The van der Waals surface area contributed by atoms with Gasteiger partial charge >= 0.3 is 0 Å². The molecule has 0 fully saturated rings. The number of hydrogen-bond acceptors (Lipinski definition) is 7. The SMILES string of the molecule is CC(C)(C)c1nc(Sc2nnc(CC(N)=O)s2)sc1Br. The Morgan fingerprint density at radius 3 is 2.55 bits per heavy atom. The molecular formula is C11H13BrN4OS3. The lowest BCUT2D eigenvalue weighted by atomic mass is 9.93. The molecule has 0 atom stereocenters. The van der Waals surface area contributed by atoms with Crippen LogP contribution in [0.5, 0.6) is 0 Å². The summed E-state index contributed by atoms with van der Waals surface area (Å²) in [5, 5.41) is 8.61. The number of primary amides is 1. The van der Waals surface area contributed by atoms with Crippen molar-refractivity contribution in [2.24, 2.45) is 5.73 Å². The number of amides is 1. The molecule has 0 bridgehead atoms. The van der Waals surface area contributed by atoms with Crippen LogP contribution in [0.25, 0.3) is 0 Å². The van der Waals surface area contributed by atoms with Crippen LogP contribution in [0.4, 0.5) is 0 Å². The van der Waals surface area contributed by atoms with Crippen molar-refractivity contribution in [2.75, 3.05) is 0 Å². The van der Waals surface area contributed by atoms with Crippen molar-refractivity contribution in [3.63, 3.8) is 0 Å². The van der Waals surface area contributed by atoms with Crippen molar-refractivity contribution >= 4 is 56.3 Å². The first-order valence-electron chi connectivity index (χ1n) is 5.71. The summed E-state index contributed by atoms with van der Waals surface area (Å²) in [6.07, 6.45) is 0.132. The fraction of sp³-hybridized carbons (Fsp3) is 0.455. The Balaban J connectivity index is 2.14. The second-order valence-corrected chi connectivity index (χ2v) is 9.93.